The smallest absolute Gasteiger partial charge is 0.410 e. The van der Waals surface area contributed by atoms with E-state index in [1.54, 1.807) is 19.3 Å². The van der Waals surface area contributed by atoms with Crippen LogP contribution < -0.4 is 10.2 Å². The molecule has 0 spiro atoms. The summed E-state index contributed by atoms with van der Waals surface area (Å²) in [6.45, 7) is 2.99. The number of nitrogens with one attached hydrogen (secondary N) is 1. The summed E-state index contributed by atoms with van der Waals surface area (Å²) in [5.74, 6) is 0.385. The van der Waals surface area contributed by atoms with Gasteiger partial charge in [-0.15, -0.1) is 0 Å². The molecule has 37 heavy (non-hydrogen) atoms. The highest BCUT2D eigenvalue weighted by Gasteiger charge is 2.56. The Bertz CT molecular complexity index is 1170. The predicted octanol–water partition coefficient (Wildman–Crippen LogP) is 2.99. The van der Waals surface area contributed by atoms with Gasteiger partial charge in [-0.3, -0.25) is 9.69 Å². The maximum Gasteiger partial charge on any atom is 0.410 e. The number of nitriles is 1. The minimum Gasteiger partial charge on any atom is -0.441 e. The van der Waals surface area contributed by atoms with Crippen molar-refractivity contribution in [2.75, 3.05) is 51.3 Å². The molecule has 0 aliphatic carbocycles. The van der Waals surface area contributed by atoms with Crippen molar-refractivity contribution in [3.05, 3.63) is 58.7 Å². The van der Waals surface area contributed by atoms with Crippen molar-refractivity contribution in [2.24, 2.45) is 5.92 Å². The van der Waals surface area contributed by atoms with E-state index >= 15 is 0 Å². The fourth-order valence-electron chi connectivity index (χ4n) is 5.59. The number of hydrogen-bond donors (Lipinski definition) is 1. The summed E-state index contributed by atoms with van der Waals surface area (Å²) in [5, 5.41) is 13.0. The van der Waals surface area contributed by atoms with E-state index in [0.29, 0.717) is 62.8 Å². The highest BCUT2D eigenvalue weighted by Crippen LogP contribution is 2.41. The monoisotopic (exact) mass is 523 g/mol. The maximum atomic E-state index is 14.4. The first-order valence-electron chi connectivity index (χ1n) is 12.6. The molecule has 3 aliphatic heterocycles. The number of pyridine rings is 1. The van der Waals surface area contributed by atoms with Crippen molar-refractivity contribution in [1.29, 1.82) is 5.26 Å². The van der Waals surface area contributed by atoms with Crippen molar-refractivity contribution in [1.82, 2.24) is 15.2 Å². The second kappa shape index (κ2) is 10.7. The van der Waals surface area contributed by atoms with Gasteiger partial charge in [-0.25, -0.2) is 9.78 Å². The topological polar surface area (TPSA) is 108 Å². The highest BCUT2D eigenvalue weighted by atomic mass is 35.5. The first-order valence-corrected chi connectivity index (χ1v) is 12.9. The number of carbonyl (C=O) groups excluding carboxylic acids is 2. The van der Waals surface area contributed by atoms with Gasteiger partial charge in [0, 0.05) is 56.3 Å². The maximum absolute atomic E-state index is 14.4. The number of Topliss-reactive ketones (excluding diaryl/α,β-unsaturated/α-hetero) is 1. The van der Waals surface area contributed by atoms with Gasteiger partial charge in [-0.05, 0) is 42.7 Å². The van der Waals surface area contributed by atoms with Crippen LogP contribution in [-0.4, -0.2) is 79.8 Å². The van der Waals surface area contributed by atoms with Gasteiger partial charge in [-0.2, -0.15) is 5.26 Å². The quantitative estimate of drug-likeness (QED) is 0.615. The fraction of sp³-hybridized carbons (Fsp3) is 0.481. The number of ketones is 1. The number of nitrogens with zero attached hydrogens (tertiary/aromatic N) is 4. The molecule has 3 fully saturated rings. The molecule has 0 radical (unpaired) electrons. The Labute approximate surface area is 221 Å². The van der Waals surface area contributed by atoms with Crippen LogP contribution in [0.5, 0.6) is 0 Å². The van der Waals surface area contributed by atoms with E-state index in [9.17, 15) is 9.59 Å². The van der Waals surface area contributed by atoms with Gasteiger partial charge in [0.05, 0.1) is 18.8 Å². The van der Waals surface area contributed by atoms with Crippen molar-refractivity contribution >= 4 is 29.3 Å². The van der Waals surface area contributed by atoms with E-state index < -0.39 is 11.6 Å². The zero-order chi connectivity index (χ0) is 26.0. The largest absolute Gasteiger partial charge is 0.441 e. The Morgan fingerprint density at radius 2 is 1.95 bits per heavy atom. The number of amides is 1. The second-order valence-corrected chi connectivity index (χ2v) is 10.3. The standard InChI is InChI=1S/C27H30ClN5O4/c1-32(26(35)37-22-15-36-16-22)27(17-30-14-23(27)19-3-5-21(28)6-4-19)25(34)20-8-10-33(11-9-20)24-7-2-18(12-29)13-31-24/h2-7,13,20,22-23,30H,8-11,14-17H2,1H3/t23-,27+/m0/s1. The molecule has 1 aromatic carbocycles. The number of likely N-dealkylation sites (N-methyl/N-ethyl adjacent to an activating group) is 1. The van der Waals surface area contributed by atoms with Crippen molar-refractivity contribution in [2.45, 2.75) is 30.4 Å². The van der Waals surface area contributed by atoms with Gasteiger partial charge in [0.1, 0.15) is 17.4 Å². The first kappa shape index (κ1) is 25.5. The number of benzene rings is 1. The third-order valence-corrected chi connectivity index (χ3v) is 8.08. The van der Waals surface area contributed by atoms with Crippen LogP contribution in [0, 0.1) is 17.2 Å². The van der Waals surface area contributed by atoms with E-state index in [-0.39, 0.29) is 23.7 Å². The second-order valence-electron chi connectivity index (χ2n) is 9.90. The first-order chi connectivity index (χ1) is 17.9. The normalized spacial score (nSPS) is 24.2. The molecule has 0 unspecified atom stereocenters. The van der Waals surface area contributed by atoms with Crippen LogP contribution in [0.2, 0.25) is 5.02 Å². The molecule has 3 saturated heterocycles. The van der Waals surface area contributed by atoms with Gasteiger partial charge in [0.15, 0.2) is 11.9 Å². The van der Waals surface area contributed by atoms with Crippen LogP contribution in [0.3, 0.4) is 0 Å². The third-order valence-electron chi connectivity index (χ3n) is 7.83. The lowest BCUT2D eigenvalue weighted by Crippen LogP contribution is -2.62. The van der Waals surface area contributed by atoms with E-state index in [4.69, 9.17) is 26.3 Å². The number of rotatable bonds is 6. The van der Waals surface area contributed by atoms with E-state index in [0.717, 1.165) is 11.4 Å². The molecule has 0 bridgehead atoms. The molecule has 1 N–H and O–H groups in total. The molecule has 1 amide bonds. The van der Waals surface area contributed by atoms with Crippen LogP contribution in [0.25, 0.3) is 0 Å². The zero-order valence-corrected chi connectivity index (χ0v) is 21.5. The molecule has 1 aromatic heterocycles. The Morgan fingerprint density at radius 3 is 2.54 bits per heavy atom. The lowest BCUT2D eigenvalue weighted by molar-refractivity contribution is -0.137. The molecule has 9 nitrogen and oxygen atoms in total. The molecule has 2 atom stereocenters. The van der Waals surface area contributed by atoms with Crippen LogP contribution in [0.4, 0.5) is 10.6 Å². The van der Waals surface area contributed by atoms with Crippen LogP contribution in [0.1, 0.15) is 29.9 Å². The van der Waals surface area contributed by atoms with Gasteiger partial charge in [0.2, 0.25) is 0 Å². The Hall–Kier alpha value is -3.19. The number of aromatic nitrogens is 1. The number of anilines is 1. The van der Waals surface area contributed by atoms with E-state index in [1.807, 2.05) is 30.3 Å². The van der Waals surface area contributed by atoms with Crippen molar-refractivity contribution < 1.29 is 19.1 Å². The SMILES string of the molecule is CN(C(=O)OC1COC1)[C@]1(C(=O)C2CCN(c3ccc(C#N)cn3)CC2)CNC[C@H]1c1ccc(Cl)cc1. The molecule has 5 rings (SSSR count). The van der Waals surface area contributed by atoms with Gasteiger partial charge in [0.25, 0.3) is 0 Å². The minimum atomic E-state index is -1.09. The van der Waals surface area contributed by atoms with Crippen LogP contribution in [0.15, 0.2) is 42.6 Å². The lowest BCUT2D eigenvalue weighted by atomic mass is 9.72. The van der Waals surface area contributed by atoms with E-state index in [1.165, 1.54) is 4.90 Å². The fourth-order valence-corrected chi connectivity index (χ4v) is 5.72. The Kier molecular flexibility index (Phi) is 7.33. The van der Waals surface area contributed by atoms with Gasteiger partial charge >= 0.3 is 6.09 Å². The van der Waals surface area contributed by atoms with Crippen molar-refractivity contribution in [3.8, 4) is 6.07 Å². The summed E-state index contributed by atoms with van der Waals surface area (Å²) in [4.78, 5) is 35.7. The summed E-state index contributed by atoms with van der Waals surface area (Å²) in [5.41, 5.74) is 0.379. The number of carbonyl (C=O) groups is 2. The average Bonchev–Trinajstić information content (AvgIpc) is 3.36. The van der Waals surface area contributed by atoms with Crippen molar-refractivity contribution in [3.63, 3.8) is 0 Å². The molecular weight excluding hydrogens is 494 g/mol. The summed E-state index contributed by atoms with van der Waals surface area (Å²) in [6, 6.07) is 13.2. The Balaban J connectivity index is 1.39. The van der Waals surface area contributed by atoms with Crippen LogP contribution in [-0.2, 0) is 14.3 Å². The third kappa shape index (κ3) is 4.89. The summed E-state index contributed by atoms with van der Waals surface area (Å²) < 4.78 is 10.8. The lowest BCUT2D eigenvalue weighted by Gasteiger charge is -2.44. The Morgan fingerprint density at radius 1 is 1.22 bits per heavy atom. The van der Waals surface area contributed by atoms with Gasteiger partial charge < -0.3 is 19.7 Å². The summed E-state index contributed by atoms with van der Waals surface area (Å²) in [7, 11) is 1.67. The summed E-state index contributed by atoms with van der Waals surface area (Å²) >= 11 is 6.14. The minimum absolute atomic E-state index is 0.0502. The number of hydrogen-bond acceptors (Lipinski definition) is 8. The predicted molar refractivity (Wildman–Crippen MR) is 138 cm³/mol. The van der Waals surface area contributed by atoms with Gasteiger partial charge in [-0.1, -0.05) is 23.7 Å². The molecule has 2 aromatic rings. The molecule has 194 valence electrons. The van der Waals surface area contributed by atoms with Crippen LogP contribution >= 0.6 is 11.6 Å². The molecule has 4 heterocycles. The molecule has 10 heteroatoms. The van der Waals surface area contributed by atoms with E-state index in [2.05, 4.69) is 21.3 Å². The highest BCUT2D eigenvalue weighted by molar-refractivity contribution is 6.30. The number of halogens is 1. The molecule has 0 saturated carbocycles. The average molecular weight is 524 g/mol. The zero-order valence-electron chi connectivity index (χ0n) is 20.7. The number of ether oxygens (including phenoxy) is 2. The summed E-state index contributed by atoms with van der Waals surface area (Å²) in [6.07, 6.45) is 2.07. The number of piperidine rings is 1. The molecular formula is C27H30ClN5O4. The molecule has 3 aliphatic rings.